The van der Waals surface area contributed by atoms with Crippen LogP contribution in [0.4, 0.5) is 0 Å². The lowest BCUT2D eigenvalue weighted by atomic mass is 10.7. The van der Waals surface area contributed by atoms with Gasteiger partial charge in [0.1, 0.15) is 6.26 Å². The number of ether oxygens (including phenoxy) is 1. The molecule has 0 bridgehead atoms. The summed E-state index contributed by atoms with van der Waals surface area (Å²) in [4.78, 5) is 14.4. The molecule has 0 unspecified atom stereocenters. The topological polar surface area (TPSA) is 52.3 Å². The van der Waals surface area contributed by atoms with Gasteiger partial charge in [-0.3, -0.25) is 0 Å². The highest BCUT2D eigenvalue weighted by molar-refractivity contribution is 8.01. The molecule has 0 aliphatic rings. The number of hydrogen-bond donors (Lipinski definition) is 0. The minimum absolute atomic E-state index is 0.394. The lowest BCUT2D eigenvalue weighted by Crippen LogP contribution is -1.92. The molecule has 0 spiro atoms. The summed E-state index contributed by atoms with van der Waals surface area (Å²) in [6.45, 7) is 0. The Kier molecular flexibility index (Phi) is 3.40. The highest BCUT2D eigenvalue weighted by atomic mass is 32.2. The van der Waals surface area contributed by atoms with E-state index in [1.807, 2.05) is 0 Å². The van der Waals surface area contributed by atoms with Crippen molar-refractivity contribution in [3.8, 4) is 0 Å². The third kappa shape index (κ3) is 2.79. The first-order chi connectivity index (χ1) is 5.83. The first kappa shape index (κ1) is 8.86. The molecule has 0 saturated carbocycles. The molecule has 1 heterocycles. The van der Waals surface area contributed by atoms with Crippen LogP contribution in [0.3, 0.4) is 0 Å². The number of carbonyl (C=O) groups excluding carboxylic acids is 1. The van der Waals surface area contributed by atoms with Crippen molar-refractivity contribution in [1.82, 2.24) is 4.98 Å². The quantitative estimate of drug-likeness (QED) is 0.405. The van der Waals surface area contributed by atoms with Crippen LogP contribution in [0.5, 0.6) is 0 Å². The molecule has 0 radical (unpaired) electrons. The molecular formula is C7H7NO3S. The molecule has 0 aromatic carbocycles. The second kappa shape index (κ2) is 4.61. The minimum atomic E-state index is -0.394. The molecule has 12 heavy (non-hydrogen) atoms. The Bertz CT molecular complexity index is 268. The van der Waals surface area contributed by atoms with Crippen LogP contribution >= 0.6 is 11.8 Å². The van der Waals surface area contributed by atoms with Gasteiger partial charge in [-0.15, -0.1) is 0 Å². The van der Waals surface area contributed by atoms with E-state index in [-0.39, 0.29) is 0 Å². The van der Waals surface area contributed by atoms with Crippen LogP contribution in [0, 0.1) is 0 Å². The molecule has 0 aliphatic carbocycles. The van der Waals surface area contributed by atoms with Crippen molar-refractivity contribution in [2.24, 2.45) is 0 Å². The molecular weight excluding hydrogens is 178 g/mol. The van der Waals surface area contributed by atoms with E-state index in [0.29, 0.717) is 5.22 Å². The summed E-state index contributed by atoms with van der Waals surface area (Å²) in [5, 5.41) is 2.05. The van der Waals surface area contributed by atoms with E-state index in [1.165, 1.54) is 37.4 Å². The number of rotatable bonds is 3. The zero-order valence-electron chi connectivity index (χ0n) is 6.39. The standard InChI is InChI=1S/C7H7NO3S/c1-10-6(9)2-5-12-7-8-3-4-11-7/h2-5H,1H3/b5-2+. The van der Waals surface area contributed by atoms with Gasteiger partial charge in [0, 0.05) is 6.08 Å². The van der Waals surface area contributed by atoms with Crippen LogP contribution in [0.25, 0.3) is 0 Å². The van der Waals surface area contributed by atoms with Gasteiger partial charge in [0.25, 0.3) is 5.22 Å². The number of methoxy groups -OCH3 is 1. The number of carbonyl (C=O) groups is 1. The fraction of sp³-hybridized carbons (Fsp3) is 0.143. The van der Waals surface area contributed by atoms with Gasteiger partial charge in [-0.25, -0.2) is 9.78 Å². The van der Waals surface area contributed by atoms with Crippen LogP contribution in [-0.4, -0.2) is 18.1 Å². The maximum Gasteiger partial charge on any atom is 0.331 e. The maximum atomic E-state index is 10.6. The van der Waals surface area contributed by atoms with E-state index < -0.39 is 5.97 Å². The van der Waals surface area contributed by atoms with E-state index in [9.17, 15) is 4.79 Å². The molecule has 1 aromatic heterocycles. The lowest BCUT2D eigenvalue weighted by Gasteiger charge is -1.87. The fourth-order valence-electron chi connectivity index (χ4n) is 0.484. The van der Waals surface area contributed by atoms with E-state index in [4.69, 9.17) is 4.42 Å². The van der Waals surface area contributed by atoms with Crippen molar-refractivity contribution >= 4 is 17.7 Å². The van der Waals surface area contributed by atoms with Gasteiger partial charge in [0.15, 0.2) is 0 Å². The summed E-state index contributed by atoms with van der Waals surface area (Å²) < 4.78 is 9.28. The Morgan fingerprint density at radius 1 is 1.83 bits per heavy atom. The lowest BCUT2D eigenvalue weighted by molar-refractivity contribution is -0.134. The molecule has 0 saturated heterocycles. The van der Waals surface area contributed by atoms with Crippen LogP contribution in [0.1, 0.15) is 0 Å². The summed E-state index contributed by atoms with van der Waals surface area (Å²) in [5.74, 6) is -0.394. The molecule has 4 nitrogen and oxygen atoms in total. The Hall–Kier alpha value is -1.23. The number of nitrogens with zero attached hydrogens (tertiary/aromatic N) is 1. The second-order valence-corrected chi connectivity index (χ2v) is 2.60. The zero-order valence-corrected chi connectivity index (χ0v) is 7.21. The molecule has 5 heteroatoms. The molecule has 1 aromatic rings. The number of oxazole rings is 1. The van der Waals surface area contributed by atoms with E-state index >= 15 is 0 Å². The molecule has 0 N–H and O–H groups in total. The molecule has 1 rings (SSSR count). The molecule has 0 aliphatic heterocycles. The van der Waals surface area contributed by atoms with Crippen molar-refractivity contribution < 1.29 is 13.9 Å². The first-order valence-electron chi connectivity index (χ1n) is 3.13. The predicted octanol–water partition coefficient (Wildman–Crippen LogP) is 1.45. The smallest absolute Gasteiger partial charge is 0.331 e. The van der Waals surface area contributed by atoms with Gasteiger partial charge in [-0.05, 0) is 17.2 Å². The number of aromatic nitrogens is 1. The number of hydrogen-bond acceptors (Lipinski definition) is 5. The van der Waals surface area contributed by atoms with Crippen LogP contribution < -0.4 is 0 Å². The van der Waals surface area contributed by atoms with Crippen LogP contribution in [0.15, 0.2) is 33.6 Å². The SMILES string of the molecule is COC(=O)/C=C/Sc1ncco1. The van der Waals surface area contributed by atoms with E-state index in [2.05, 4.69) is 9.72 Å². The average molecular weight is 185 g/mol. The fourth-order valence-corrected chi connectivity index (χ4v) is 1.01. The van der Waals surface area contributed by atoms with Crippen molar-refractivity contribution in [3.05, 3.63) is 23.9 Å². The summed E-state index contributed by atoms with van der Waals surface area (Å²) >= 11 is 1.21. The zero-order chi connectivity index (χ0) is 8.81. The highest BCUT2D eigenvalue weighted by Crippen LogP contribution is 2.15. The number of thioether (sulfide) groups is 1. The highest BCUT2D eigenvalue weighted by Gasteiger charge is 1.94. The first-order valence-corrected chi connectivity index (χ1v) is 4.01. The minimum Gasteiger partial charge on any atom is -0.466 e. The van der Waals surface area contributed by atoms with Gasteiger partial charge < -0.3 is 9.15 Å². The largest absolute Gasteiger partial charge is 0.466 e. The normalized spacial score (nSPS) is 10.4. The Morgan fingerprint density at radius 3 is 3.25 bits per heavy atom. The molecule has 0 fully saturated rings. The van der Waals surface area contributed by atoms with Gasteiger partial charge >= 0.3 is 5.97 Å². The second-order valence-electron chi connectivity index (χ2n) is 1.74. The Balaban J connectivity index is 2.35. The molecule has 0 amide bonds. The van der Waals surface area contributed by atoms with Crippen molar-refractivity contribution in [2.75, 3.05) is 7.11 Å². The summed E-state index contributed by atoms with van der Waals surface area (Å²) in [6, 6.07) is 0. The van der Waals surface area contributed by atoms with Crippen molar-refractivity contribution in [2.45, 2.75) is 5.22 Å². The monoisotopic (exact) mass is 185 g/mol. The summed E-state index contributed by atoms with van der Waals surface area (Å²) in [5.41, 5.74) is 0. The predicted molar refractivity (Wildman–Crippen MR) is 43.5 cm³/mol. The third-order valence-electron chi connectivity index (χ3n) is 0.984. The Morgan fingerprint density at radius 2 is 2.67 bits per heavy atom. The Labute approximate surface area is 73.6 Å². The van der Waals surface area contributed by atoms with Crippen LogP contribution in [-0.2, 0) is 9.53 Å². The van der Waals surface area contributed by atoms with Gasteiger partial charge in [0.05, 0.1) is 13.3 Å². The third-order valence-corrected chi connectivity index (χ3v) is 1.66. The average Bonchev–Trinajstić information content (AvgIpc) is 2.57. The summed E-state index contributed by atoms with van der Waals surface area (Å²) in [6.07, 6.45) is 4.30. The van der Waals surface area contributed by atoms with E-state index in [0.717, 1.165) is 0 Å². The van der Waals surface area contributed by atoms with Crippen molar-refractivity contribution in [1.29, 1.82) is 0 Å². The van der Waals surface area contributed by atoms with Crippen LogP contribution in [0.2, 0.25) is 0 Å². The van der Waals surface area contributed by atoms with Gasteiger partial charge in [-0.2, -0.15) is 0 Å². The maximum absolute atomic E-state index is 10.6. The van der Waals surface area contributed by atoms with Gasteiger partial charge in [-0.1, -0.05) is 0 Å². The molecule has 0 atom stereocenters. The summed E-state index contributed by atoms with van der Waals surface area (Å²) in [7, 11) is 1.32. The van der Waals surface area contributed by atoms with E-state index in [1.54, 1.807) is 5.41 Å². The molecule has 64 valence electrons. The number of esters is 1. The van der Waals surface area contributed by atoms with Gasteiger partial charge in [0.2, 0.25) is 0 Å². The van der Waals surface area contributed by atoms with Crippen molar-refractivity contribution in [3.63, 3.8) is 0 Å².